The van der Waals surface area contributed by atoms with E-state index in [9.17, 15) is 4.79 Å². The molecular weight excluding hydrogens is 334 g/mol. The summed E-state index contributed by atoms with van der Waals surface area (Å²) >= 11 is 6.96. The number of benzene rings is 1. The Labute approximate surface area is 143 Å². The third-order valence-corrected chi connectivity index (χ3v) is 4.32. The van der Waals surface area contributed by atoms with Gasteiger partial charge in [-0.15, -0.1) is 11.6 Å². The first-order valence-corrected chi connectivity index (χ1v) is 9.03. The number of nitrogens with one attached hydrogen (secondary N) is 1. The molecule has 0 saturated carbocycles. The molecule has 0 spiro atoms. The third-order valence-electron chi connectivity index (χ3n) is 3.55. The smallest absolute Gasteiger partial charge is 0.326 e. The average Bonchev–Trinajstić information content (AvgIpc) is 3.05. The molecule has 0 saturated heterocycles. The first kappa shape index (κ1) is 16.1. The summed E-state index contributed by atoms with van der Waals surface area (Å²) in [6, 6.07) is 7.14. The van der Waals surface area contributed by atoms with Gasteiger partial charge in [-0.05, 0) is 49.8 Å². The number of ether oxygens (including phenoxy) is 1. The standard InChI is InChI=1S/C16H16ClN3O2S/c1-23-16-19-13-4-2-3-12(13)15(20-16)18-10-5-7-11(8-6-10)22-14(21)9-17/h5-8H,2-4,9H2,1H3,(H,18,19,20). The van der Waals surface area contributed by atoms with Gasteiger partial charge in [0.2, 0.25) is 0 Å². The van der Waals surface area contributed by atoms with Gasteiger partial charge in [-0.1, -0.05) is 11.8 Å². The highest BCUT2D eigenvalue weighted by Gasteiger charge is 2.19. The number of esters is 1. The molecule has 1 aromatic heterocycles. The van der Waals surface area contributed by atoms with Gasteiger partial charge in [-0.2, -0.15) is 0 Å². The average molecular weight is 350 g/mol. The summed E-state index contributed by atoms with van der Waals surface area (Å²) in [5.41, 5.74) is 3.22. The Morgan fingerprint density at radius 3 is 2.78 bits per heavy atom. The summed E-state index contributed by atoms with van der Waals surface area (Å²) in [7, 11) is 0. The number of alkyl halides is 1. The Morgan fingerprint density at radius 2 is 2.09 bits per heavy atom. The first-order valence-electron chi connectivity index (χ1n) is 7.27. The Hall–Kier alpha value is -1.79. The van der Waals surface area contributed by atoms with Gasteiger partial charge in [0.05, 0.1) is 5.69 Å². The maximum Gasteiger partial charge on any atom is 0.326 e. The van der Waals surface area contributed by atoms with Crippen LogP contribution in [0.3, 0.4) is 0 Å². The zero-order valence-electron chi connectivity index (χ0n) is 12.6. The van der Waals surface area contributed by atoms with Crippen LogP contribution in [0.5, 0.6) is 5.75 Å². The van der Waals surface area contributed by atoms with Gasteiger partial charge in [0, 0.05) is 11.3 Å². The fourth-order valence-electron chi connectivity index (χ4n) is 2.51. The van der Waals surface area contributed by atoms with E-state index in [4.69, 9.17) is 16.3 Å². The number of rotatable bonds is 5. The summed E-state index contributed by atoms with van der Waals surface area (Å²) in [6.45, 7) is 0. The van der Waals surface area contributed by atoms with E-state index in [1.165, 1.54) is 17.3 Å². The van der Waals surface area contributed by atoms with Crippen molar-refractivity contribution in [1.29, 1.82) is 0 Å². The molecular formula is C16H16ClN3O2S. The van der Waals surface area contributed by atoms with Crippen molar-refractivity contribution in [3.63, 3.8) is 0 Å². The summed E-state index contributed by atoms with van der Waals surface area (Å²) < 4.78 is 5.05. The summed E-state index contributed by atoms with van der Waals surface area (Å²) in [6.07, 6.45) is 5.09. The first-order chi connectivity index (χ1) is 11.2. The summed E-state index contributed by atoms with van der Waals surface area (Å²) in [4.78, 5) is 20.3. The molecule has 0 bridgehead atoms. The van der Waals surface area contributed by atoms with Crippen LogP contribution < -0.4 is 10.1 Å². The van der Waals surface area contributed by atoms with Gasteiger partial charge in [0.25, 0.3) is 0 Å². The number of nitrogens with zero attached hydrogens (tertiary/aromatic N) is 2. The second-order valence-corrected chi connectivity index (χ2v) is 6.14. The lowest BCUT2D eigenvalue weighted by atomic mass is 10.2. The zero-order chi connectivity index (χ0) is 16.2. The summed E-state index contributed by atoms with van der Waals surface area (Å²) in [5, 5.41) is 4.12. The molecule has 2 aromatic rings. The molecule has 0 atom stereocenters. The number of aryl methyl sites for hydroxylation is 1. The van der Waals surface area contributed by atoms with Crippen LogP contribution in [0.2, 0.25) is 0 Å². The van der Waals surface area contributed by atoms with Crippen molar-refractivity contribution in [2.24, 2.45) is 0 Å². The Balaban J connectivity index is 1.79. The van der Waals surface area contributed by atoms with E-state index in [2.05, 4.69) is 15.3 Å². The van der Waals surface area contributed by atoms with Gasteiger partial charge in [-0.3, -0.25) is 4.79 Å². The van der Waals surface area contributed by atoms with Crippen molar-refractivity contribution in [2.45, 2.75) is 24.4 Å². The number of aromatic nitrogens is 2. The lowest BCUT2D eigenvalue weighted by molar-refractivity contribution is -0.131. The van der Waals surface area contributed by atoms with Gasteiger partial charge in [0.15, 0.2) is 5.16 Å². The van der Waals surface area contributed by atoms with Gasteiger partial charge >= 0.3 is 5.97 Å². The van der Waals surface area contributed by atoms with Crippen LogP contribution >= 0.6 is 23.4 Å². The van der Waals surface area contributed by atoms with Gasteiger partial charge in [-0.25, -0.2) is 9.97 Å². The Bertz CT molecular complexity index is 722. The number of carbonyl (C=O) groups excluding carboxylic acids is 1. The Kier molecular flexibility index (Phi) is 5.03. The molecule has 0 aliphatic heterocycles. The molecule has 1 aliphatic rings. The van der Waals surface area contributed by atoms with Gasteiger partial charge < -0.3 is 10.1 Å². The predicted octanol–water partition coefficient (Wildman–Crippen LogP) is 3.58. The summed E-state index contributed by atoms with van der Waals surface area (Å²) in [5.74, 6) is 0.705. The van der Waals surface area contributed by atoms with Crippen LogP contribution in [0, 0.1) is 0 Å². The molecule has 7 heteroatoms. The third kappa shape index (κ3) is 3.76. The lowest BCUT2D eigenvalue weighted by Gasteiger charge is -2.12. The number of thioether (sulfide) groups is 1. The molecule has 3 rings (SSSR count). The molecule has 1 aromatic carbocycles. The number of fused-ring (bicyclic) bond motifs is 1. The molecule has 5 nitrogen and oxygen atoms in total. The van der Waals surface area contributed by atoms with Crippen molar-refractivity contribution >= 4 is 40.8 Å². The maximum atomic E-state index is 11.2. The highest BCUT2D eigenvalue weighted by atomic mass is 35.5. The van der Waals surface area contributed by atoms with Crippen molar-refractivity contribution in [1.82, 2.24) is 9.97 Å². The van der Waals surface area contributed by atoms with E-state index in [1.54, 1.807) is 12.1 Å². The SMILES string of the molecule is CSc1nc2c(c(Nc3ccc(OC(=O)CCl)cc3)n1)CCC2. The number of anilines is 2. The van der Waals surface area contributed by atoms with E-state index in [0.717, 1.165) is 41.6 Å². The van der Waals surface area contributed by atoms with E-state index >= 15 is 0 Å². The molecule has 0 amide bonds. The maximum absolute atomic E-state index is 11.2. The topological polar surface area (TPSA) is 64.1 Å². The molecule has 120 valence electrons. The van der Waals surface area contributed by atoms with Crippen LogP contribution in [0.4, 0.5) is 11.5 Å². The van der Waals surface area contributed by atoms with Gasteiger partial charge in [0.1, 0.15) is 17.4 Å². The van der Waals surface area contributed by atoms with E-state index < -0.39 is 5.97 Å². The fraction of sp³-hybridized carbons (Fsp3) is 0.312. The van der Waals surface area contributed by atoms with Crippen LogP contribution in [0.15, 0.2) is 29.4 Å². The minimum absolute atomic E-state index is 0.162. The normalized spacial score (nSPS) is 12.8. The fourth-order valence-corrected chi connectivity index (χ4v) is 2.94. The number of hydrogen-bond donors (Lipinski definition) is 1. The molecule has 0 unspecified atom stereocenters. The number of carbonyl (C=O) groups is 1. The van der Waals surface area contributed by atoms with Crippen molar-refractivity contribution in [3.05, 3.63) is 35.5 Å². The van der Waals surface area contributed by atoms with Crippen LogP contribution in [-0.4, -0.2) is 28.1 Å². The predicted molar refractivity (Wildman–Crippen MR) is 91.9 cm³/mol. The second kappa shape index (κ2) is 7.19. The van der Waals surface area contributed by atoms with E-state index in [0.29, 0.717) is 5.75 Å². The molecule has 0 fully saturated rings. The van der Waals surface area contributed by atoms with Crippen molar-refractivity contribution in [2.75, 3.05) is 17.5 Å². The minimum Gasteiger partial charge on any atom is -0.426 e. The van der Waals surface area contributed by atoms with E-state index in [1.807, 2.05) is 18.4 Å². The number of hydrogen-bond acceptors (Lipinski definition) is 6. The lowest BCUT2D eigenvalue weighted by Crippen LogP contribution is -2.08. The molecule has 23 heavy (non-hydrogen) atoms. The zero-order valence-corrected chi connectivity index (χ0v) is 14.2. The van der Waals surface area contributed by atoms with Crippen LogP contribution in [-0.2, 0) is 17.6 Å². The highest BCUT2D eigenvalue weighted by Crippen LogP contribution is 2.30. The highest BCUT2D eigenvalue weighted by molar-refractivity contribution is 7.98. The van der Waals surface area contributed by atoms with Crippen molar-refractivity contribution in [3.8, 4) is 5.75 Å². The number of halogens is 1. The molecule has 1 heterocycles. The monoisotopic (exact) mass is 349 g/mol. The largest absolute Gasteiger partial charge is 0.426 e. The molecule has 1 aliphatic carbocycles. The molecule has 1 N–H and O–H groups in total. The quantitative estimate of drug-likeness (QED) is 0.293. The minimum atomic E-state index is -0.467. The van der Waals surface area contributed by atoms with Crippen LogP contribution in [0.25, 0.3) is 0 Å². The second-order valence-electron chi connectivity index (χ2n) is 5.09. The van der Waals surface area contributed by atoms with Crippen LogP contribution in [0.1, 0.15) is 17.7 Å². The van der Waals surface area contributed by atoms with E-state index in [-0.39, 0.29) is 5.88 Å². The van der Waals surface area contributed by atoms with Crippen molar-refractivity contribution < 1.29 is 9.53 Å². The molecule has 0 radical (unpaired) electrons. The Morgan fingerprint density at radius 1 is 1.30 bits per heavy atom.